The molecule has 0 spiro atoms. The van der Waals surface area contributed by atoms with Gasteiger partial charge < -0.3 is 4.90 Å². The van der Waals surface area contributed by atoms with Crippen molar-refractivity contribution in [3.05, 3.63) is 59.8 Å². The van der Waals surface area contributed by atoms with Gasteiger partial charge in [0.25, 0.3) is 5.91 Å². The van der Waals surface area contributed by atoms with Crippen molar-refractivity contribution in [3.63, 3.8) is 0 Å². The number of nitrogens with zero attached hydrogens (tertiary/aromatic N) is 5. The van der Waals surface area contributed by atoms with Gasteiger partial charge in [0.2, 0.25) is 17.8 Å². The summed E-state index contributed by atoms with van der Waals surface area (Å²) in [7, 11) is 0. The summed E-state index contributed by atoms with van der Waals surface area (Å²) in [4.78, 5) is 41.6. The fourth-order valence-electron chi connectivity index (χ4n) is 3.78. The maximum atomic E-state index is 13.9. The Morgan fingerprint density at radius 2 is 2.00 bits per heavy atom. The second-order valence-electron chi connectivity index (χ2n) is 7.13. The second-order valence-corrected chi connectivity index (χ2v) is 7.13. The van der Waals surface area contributed by atoms with Crippen LogP contribution in [0.1, 0.15) is 28.8 Å². The largest absolute Gasteiger partial charge is 0.322 e. The maximum Gasteiger partial charge on any atom is 0.255 e. The quantitative estimate of drug-likeness (QED) is 0.518. The molecule has 3 amide bonds. The summed E-state index contributed by atoms with van der Waals surface area (Å²) < 4.78 is 15.4. The number of hydrogen-bond donors (Lipinski definition) is 1. The van der Waals surface area contributed by atoms with Gasteiger partial charge in [-0.15, -0.1) is 5.10 Å². The Morgan fingerprint density at radius 1 is 1.13 bits per heavy atom. The summed E-state index contributed by atoms with van der Waals surface area (Å²) in [5.41, 5.74) is 2.37. The molecule has 2 aliphatic rings. The highest BCUT2D eigenvalue weighted by molar-refractivity contribution is 6.05. The second kappa shape index (κ2) is 6.83. The summed E-state index contributed by atoms with van der Waals surface area (Å²) >= 11 is 0. The van der Waals surface area contributed by atoms with Crippen LogP contribution in [0.2, 0.25) is 0 Å². The Hall–Kier alpha value is -3.95. The number of pyridine rings is 1. The molecule has 3 aromatic rings. The van der Waals surface area contributed by atoms with Crippen molar-refractivity contribution in [2.24, 2.45) is 0 Å². The summed E-state index contributed by atoms with van der Waals surface area (Å²) in [6, 6.07) is 7.73. The lowest BCUT2D eigenvalue weighted by molar-refractivity contribution is -0.136. The molecular formula is C20H15FN6O3. The summed E-state index contributed by atoms with van der Waals surface area (Å²) in [5.74, 6) is -1.70. The Labute approximate surface area is 169 Å². The molecule has 1 fully saturated rings. The Morgan fingerprint density at radius 3 is 2.80 bits per heavy atom. The van der Waals surface area contributed by atoms with Crippen LogP contribution >= 0.6 is 0 Å². The molecule has 0 bridgehead atoms. The van der Waals surface area contributed by atoms with E-state index >= 15 is 0 Å². The lowest BCUT2D eigenvalue weighted by Gasteiger charge is -2.29. The zero-order valence-electron chi connectivity index (χ0n) is 15.6. The lowest BCUT2D eigenvalue weighted by atomic mass is 10.0. The first kappa shape index (κ1) is 18.1. The molecule has 5 rings (SSSR count). The van der Waals surface area contributed by atoms with Crippen LogP contribution < -0.4 is 5.32 Å². The Balaban J connectivity index is 1.43. The van der Waals surface area contributed by atoms with Gasteiger partial charge in [-0.1, -0.05) is 11.3 Å². The number of rotatable bonds is 3. The SMILES string of the molecule is O=C1CCC(N2Cc3ccc(-n4cc(-c5cccnc5F)nn4)cc3C2=O)C(=O)N1. The molecule has 9 nitrogen and oxygen atoms in total. The third kappa shape index (κ3) is 2.93. The Bertz CT molecular complexity index is 1210. The van der Waals surface area contributed by atoms with Crippen molar-refractivity contribution in [3.8, 4) is 16.9 Å². The minimum absolute atomic E-state index is 0.203. The van der Waals surface area contributed by atoms with E-state index in [0.29, 0.717) is 29.9 Å². The average molecular weight is 406 g/mol. The van der Waals surface area contributed by atoms with Gasteiger partial charge in [-0.2, -0.15) is 4.39 Å². The molecule has 2 aliphatic heterocycles. The topological polar surface area (TPSA) is 110 Å². The third-order valence-corrected chi connectivity index (χ3v) is 5.30. The van der Waals surface area contributed by atoms with Crippen molar-refractivity contribution >= 4 is 17.7 Å². The van der Waals surface area contributed by atoms with E-state index in [0.717, 1.165) is 5.56 Å². The fraction of sp³-hybridized carbons (Fsp3) is 0.200. The molecule has 10 heteroatoms. The van der Waals surface area contributed by atoms with Gasteiger partial charge in [0.1, 0.15) is 11.7 Å². The van der Waals surface area contributed by atoms with E-state index in [4.69, 9.17) is 0 Å². The number of imide groups is 1. The van der Waals surface area contributed by atoms with E-state index in [1.54, 1.807) is 36.5 Å². The first-order valence-electron chi connectivity index (χ1n) is 9.32. The standard InChI is InChI=1S/C20H15FN6O3/c21-18-13(2-1-7-22-18)15-10-27(25-24-15)12-4-3-11-9-26(20(30)14(11)8-12)16-5-6-17(28)23-19(16)29/h1-4,7-8,10,16H,5-6,9H2,(H,23,28,29). The van der Waals surface area contributed by atoms with Gasteiger partial charge in [-0.05, 0) is 36.2 Å². The Kier molecular flexibility index (Phi) is 4.12. The van der Waals surface area contributed by atoms with Crippen LogP contribution in [0.5, 0.6) is 0 Å². The highest BCUT2D eigenvalue weighted by atomic mass is 19.1. The van der Waals surface area contributed by atoms with Crippen LogP contribution in [0.15, 0.2) is 42.7 Å². The summed E-state index contributed by atoms with van der Waals surface area (Å²) in [6.45, 7) is 0.296. The van der Waals surface area contributed by atoms with E-state index in [2.05, 4.69) is 20.6 Å². The molecule has 1 N–H and O–H groups in total. The number of carbonyl (C=O) groups is 3. The van der Waals surface area contributed by atoms with E-state index in [1.165, 1.54) is 15.8 Å². The number of benzene rings is 1. The fourth-order valence-corrected chi connectivity index (χ4v) is 3.78. The molecule has 150 valence electrons. The van der Waals surface area contributed by atoms with Gasteiger partial charge in [0.05, 0.1) is 17.4 Å². The van der Waals surface area contributed by atoms with Crippen LogP contribution in [0, 0.1) is 5.95 Å². The number of halogens is 1. The van der Waals surface area contributed by atoms with E-state index in [1.807, 2.05) is 0 Å². The molecule has 0 aliphatic carbocycles. The number of nitrogens with one attached hydrogen (secondary N) is 1. The lowest BCUT2D eigenvalue weighted by Crippen LogP contribution is -2.52. The predicted molar refractivity (Wildman–Crippen MR) is 101 cm³/mol. The molecule has 1 unspecified atom stereocenters. The van der Waals surface area contributed by atoms with Gasteiger partial charge in [-0.25, -0.2) is 9.67 Å². The number of fused-ring (bicyclic) bond motifs is 1. The molecule has 0 saturated carbocycles. The normalized spacial score (nSPS) is 18.5. The van der Waals surface area contributed by atoms with Crippen LogP contribution in [-0.4, -0.2) is 48.6 Å². The first-order chi connectivity index (χ1) is 14.5. The number of carbonyl (C=O) groups excluding carboxylic acids is 3. The van der Waals surface area contributed by atoms with Crippen LogP contribution in [0.3, 0.4) is 0 Å². The van der Waals surface area contributed by atoms with Crippen LogP contribution in [0.25, 0.3) is 16.9 Å². The third-order valence-electron chi connectivity index (χ3n) is 5.30. The molecule has 0 radical (unpaired) electrons. The zero-order valence-corrected chi connectivity index (χ0v) is 15.6. The van der Waals surface area contributed by atoms with Gasteiger partial charge in [0, 0.05) is 24.7 Å². The highest BCUT2D eigenvalue weighted by Crippen LogP contribution is 2.29. The van der Waals surface area contributed by atoms with Gasteiger partial charge >= 0.3 is 0 Å². The van der Waals surface area contributed by atoms with Gasteiger partial charge in [0.15, 0.2) is 0 Å². The molecule has 4 heterocycles. The zero-order chi connectivity index (χ0) is 20.8. The molecule has 30 heavy (non-hydrogen) atoms. The van der Waals surface area contributed by atoms with E-state index in [9.17, 15) is 18.8 Å². The van der Waals surface area contributed by atoms with Crippen molar-refractivity contribution in [1.29, 1.82) is 0 Å². The van der Waals surface area contributed by atoms with Gasteiger partial charge in [-0.3, -0.25) is 19.7 Å². The van der Waals surface area contributed by atoms with Crippen molar-refractivity contribution < 1.29 is 18.8 Å². The first-order valence-corrected chi connectivity index (χ1v) is 9.32. The molecule has 1 saturated heterocycles. The number of aromatic nitrogens is 4. The predicted octanol–water partition coefficient (Wildman–Crippen LogP) is 1.23. The number of piperidine rings is 1. The molecule has 2 aromatic heterocycles. The summed E-state index contributed by atoms with van der Waals surface area (Å²) in [5, 5.41) is 10.3. The minimum atomic E-state index is -0.669. The number of hydrogen-bond acceptors (Lipinski definition) is 6. The smallest absolute Gasteiger partial charge is 0.255 e. The van der Waals surface area contributed by atoms with E-state index in [-0.39, 0.29) is 23.8 Å². The van der Waals surface area contributed by atoms with E-state index < -0.39 is 17.9 Å². The minimum Gasteiger partial charge on any atom is -0.322 e. The monoisotopic (exact) mass is 406 g/mol. The van der Waals surface area contributed by atoms with Crippen LogP contribution in [0.4, 0.5) is 4.39 Å². The molecule has 1 atom stereocenters. The number of amides is 3. The molecular weight excluding hydrogens is 391 g/mol. The summed E-state index contributed by atoms with van der Waals surface area (Å²) in [6.07, 6.45) is 3.41. The van der Waals surface area contributed by atoms with Crippen LogP contribution in [-0.2, 0) is 16.1 Å². The molecule has 1 aromatic carbocycles. The maximum absolute atomic E-state index is 13.9. The van der Waals surface area contributed by atoms with Crippen molar-refractivity contribution in [1.82, 2.24) is 30.2 Å². The van der Waals surface area contributed by atoms with Crippen molar-refractivity contribution in [2.45, 2.75) is 25.4 Å². The highest BCUT2D eigenvalue weighted by Gasteiger charge is 2.39. The average Bonchev–Trinajstić information content (AvgIpc) is 3.34. The van der Waals surface area contributed by atoms with Crippen molar-refractivity contribution in [2.75, 3.05) is 0 Å².